The molecule has 26 heavy (non-hydrogen) atoms. The Labute approximate surface area is 156 Å². The number of aryl methyl sites for hydroxylation is 1. The maximum absolute atomic E-state index is 12.3. The SMILES string of the molecule is CCc1cccc(OCC(=O)NCC(c2ccccc2)N2CCCC2)c1. The van der Waals surface area contributed by atoms with Crippen LogP contribution in [0.3, 0.4) is 0 Å². The molecular formula is C22H28N2O2. The second kappa shape index (κ2) is 9.39. The topological polar surface area (TPSA) is 41.6 Å². The Hall–Kier alpha value is -2.33. The number of rotatable bonds is 8. The molecule has 1 aliphatic rings. The highest BCUT2D eigenvalue weighted by atomic mass is 16.5. The van der Waals surface area contributed by atoms with Gasteiger partial charge in [0.15, 0.2) is 6.61 Å². The molecule has 1 unspecified atom stereocenters. The van der Waals surface area contributed by atoms with Gasteiger partial charge in [-0.1, -0.05) is 49.4 Å². The van der Waals surface area contributed by atoms with Crippen LogP contribution in [0.25, 0.3) is 0 Å². The molecule has 2 aromatic carbocycles. The molecule has 1 saturated heterocycles. The third-order valence-electron chi connectivity index (χ3n) is 4.93. The molecule has 0 radical (unpaired) electrons. The fourth-order valence-electron chi connectivity index (χ4n) is 3.45. The average Bonchev–Trinajstić information content (AvgIpc) is 3.22. The van der Waals surface area contributed by atoms with Crippen LogP contribution < -0.4 is 10.1 Å². The number of carbonyl (C=O) groups excluding carboxylic acids is 1. The van der Waals surface area contributed by atoms with Crippen molar-refractivity contribution in [2.45, 2.75) is 32.2 Å². The van der Waals surface area contributed by atoms with E-state index in [1.54, 1.807) is 0 Å². The van der Waals surface area contributed by atoms with E-state index in [2.05, 4.69) is 47.5 Å². The fourth-order valence-corrected chi connectivity index (χ4v) is 3.45. The molecule has 1 amide bonds. The molecule has 1 N–H and O–H groups in total. The lowest BCUT2D eigenvalue weighted by atomic mass is 10.1. The van der Waals surface area contributed by atoms with Gasteiger partial charge in [-0.25, -0.2) is 0 Å². The van der Waals surface area contributed by atoms with Crippen molar-refractivity contribution < 1.29 is 9.53 Å². The molecule has 0 saturated carbocycles. The molecule has 4 heteroatoms. The number of amides is 1. The number of nitrogens with zero attached hydrogens (tertiary/aromatic N) is 1. The van der Waals surface area contributed by atoms with Gasteiger partial charge in [0.05, 0.1) is 6.04 Å². The van der Waals surface area contributed by atoms with E-state index in [9.17, 15) is 4.79 Å². The van der Waals surface area contributed by atoms with E-state index >= 15 is 0 Å². The summed E-state index contributed by atoms with van der Waals surface area (Å²) in [5, 5.41) is 3.05. The summed E-state index contributed by atoms with van der Waals surface area (Å²) < 4.78 is 5.65. The maximum Gasteiger partial charge on any atom is 0.258 e. The summed E-state index contributed by atoms with van der Waals surface area (Å²) in [4.78, 5) is 14.7. The van der Waals surface area contributed by atoms with Crippen LogP contribution in [-0.2, 0) is 11.2 Å². The van der Waals surface area contributed by atoms with Crippen molar-refractivity contribution in [1.82, 2.24) is 10.2 Å². The minimum atomic E-state index is -0.0768. The molecule has 0 bridgehead atoms. The maximum atomic E-state index is 12.3. The standard InChI is InChI=1S/C22H28N2O2/c1-2-18-9-8-12-20(15-18)26-17-22(25)23-16-21(24-13-6-7-14-24)19-10-4-3-5-11-19/h3-5,8-12,15,21H,2,6-7,13-14,16-17H2,1H3,(H,23,25). The third-order valence-corrected chi connectivity index (χ3v) is 4.93. The number of benzene rings is 2. The monoisotopic (exact) mass is 352 g/mol. The first-order chi connectivity index (χ1) is 12.8. The van der Waals surface area contributed by atoms with Crippen LogP contribution in [0.5, 0.6) is 5.75 Å². The zero-order valence-electron chi connectivity index (χ0n) is 15.5. The van der Waals surface area contributed by atoms with E-state index in [4.69, 9.17) is 4.74 Å². The molecule has 138 valence electrons. The summed E-state index contributed by atoms with van der Waals surface area (Å²) in [5.74, 6) is 0.672. The van der Waals surface area contributed by atoms with Crippen molar-refractivity contribution in [3.8, 4) is 5.75 Å². The van der Waals surface area contributed by atoms with E-state index in [0.29, 0.717) is 6.54 Å². The predicted molar refractivity (Wildman–Crippen MR) is 104 cm³/mol. The van der Waals surface area contributed by atoms with Crippen molar-refractivity contribution in [2.75, 3.05) is 26.2 Å². The summed E-state index contributed by atoms with van der Waals surface area (Å²) in [6.07, 6.45) is 3.42. The molecule has 0 spiro atoms. The lowest BCUT2D eigenvalue weighted by Gasteiger charge is -2.28. The molecule has 1 aliphatic heterocycles. The van der Waals surface area contributed by atoms with Crippen molar-refractivity contribution >= 4 is 5.91 Å². The minimum absolute atomic E-state index is 0.0503. The lowest BCUT2D eigenvalue weighted by molar-refractivity contribution is -0.123. The Bertz CT molecular complexity index is 696. The third kappa shape index (κ3) is 5.09. The second-order valence-electron chi connectivity index (χ2n) is 6.76. The zero-order valence-corrected chi connectivity index (χ0v) is 15.5. The Morgan fingerprint density at radius 3 is 2.62 bits per heavy atom. The Morgan fingerprint density at radius 2 is 1.88 bits per heavy atom. The Kier molecular flexibility index (Phi) is 6.67. The summed E-state index contributed by atoms with van der Waals surface area (Å²) in [6.45, 7) is 4.95. The zero-order chi connectivity index (χ0) is 18.2. The number of ether oxygens (including phenoxy) is 1. The van der Waals surface area contributed by atoms with Gasteiger partial charge in [0.2, 0.25) is 0 Å². The van der Waals surface area contributed by atoms with Gasteiger partial charge in [-0.15, -0.1) is 0 Å². The molecule has 1 heterocycles. The van der Waals surface area contributed by atoms with E-state index in [1.165, 1.54) is 24.0 Å². The minimum Gasteiger partial charge on any atom is -0.484 e. The van der Waals surface area contributed by atoms with Gasteiger partial charge in [0.1, 0.15) is 5.75 Å². The van der Waals surface area contributed by atoms with E-state index in [-0.39, 0.29) is 18.6 Å². The molecule has 0 aliphatic carbocycles. The molecule has 2 aromatic rings. The van der Waals surface area contributed by atoms with Gasteiger partial charge in [-0.05, 0) is 55.6 Å². The van der Waals surface area contributed by atoms with Crippen LogP contribution in [0.15, 0.2) is 54.6 Å². The molecule has 1 atom stereocenters. The second-order valence-corrected chi connectivity index (χ2v) is 6.76. The normalized spacial score (nSPS) is 15.6. The van der Waals surface area contributed by atoms with Gasteiger partial charge < -0.3 is 10.1 Å². The van der Waals surface area contributed by atoms with Crippen LogP contribution in [0.2, 0.25) is 0 Å². The van der Waals surface area contributed by atoms with Crippen LogP contribution in [0, 0.1) is 0 Å². The fraction of sp³-hybridized carbons (Fsp3) is 0.409. The van der Waals surface area contributed by atoms with Gasteiger partial charge in [-0.3, -0.25) is 9.69 Å². The molecule has 4 nitrogen and oxygen atoms in total. The molecule has 1 fully saturated rings. The average molecular weight is 352 g/mol. The van der Waals surface area contributed by atoms with Crippen molar-refractivity contribution in [2.24, 2.45) is 0 Å². The van der Waals surface area contributed by atoms with E-state index in [1.807, 2.05) is 24.3 Å². The lowest BCUT2D eigenvalue weighted by Crippen LogP contribution is -2.38. The summed E-state index contributed by atoms with van der Waals surface area (Å²) in [6, 6.07) is 18.6. The van der Waals surface area contributed by atoms with Crippen molar-refractivity contribution in [1.29, 1.82) is 0 Å². The number of likely N-dealkylation sites (tertiary alicyclic amines) is 1. The Morgan fingerprint density at radius 1 is 1.12 bits per heavy atom. The Balaban J connectivity index is 1.53. The summed E-state index contributed by atoms with van der Waals surface area (Å²) in [7, 11) is 0. The van der Waals surface area contributed by atoms with Crippen LogP contribution in [0.4, 0.5) is 0 Å². The molecule has 3 rings (SSSR count). The number of hydrogen-bond donors (Lipinski definition) is 1. The van der Waals surface area contributed by atoms with Gasteiger partial charge in [-0.2, -0.15) is 0 Å². The first-order valence-electron chi connectivity index (χ1n) is 9.53. The quantitative estimate of drug-likeness (QED) is 0.789. The predicted octanol–water partition coefficient (Wildman–Crippen LogP) is 3.58. The van der Waals surface area contributed by atoms with Crippen molar-refractivity contribution in [3.63, 3.8) is 0 Å². The van der Waals surface area contributed by atoms with Crippen LogP contribution in [0.1, 0.15) is 36.9 Å². The number of carbonyl (C=O) groups is 1. The molecule has 0 aromatic heterocycles. The molecular weight excluding hydrogens is 324 g/mol. The van der Waals surface area contributed by atoms with Crippen LogP contribution >= 0.6 is 0 Å². The smallest absolute Gasteiger partial charge is 0.258 e. The largest absolute Gasteiger partial charge is 0.484 e. The highest BCUT2D eigenvalue weighted by Crippen LogP contribution is 2.24. The van der Waals surface area contributed by atoms with Gasteiger partial charge in [0.25, 0.3) is 5.91 Å². The summed E-state index contributed by atoms with van der Waals surface area (Å²) >= 11 is 0. The van der Waals surface area contributed by atoms with E-state index in [0.717, 1.165) is 25.3 Å². The first kappa shape index (κ1) is 18.5. The first-order valence-corrected chi connectivity index (χ1v) is 9.53. The highest BCUT2D eigenvalue weighted by molar-refractivity contribution is 5.77. The van der Waals surface area contributed by atoms with Crippen molar-refractivity contribution in [3.05, 3.63) is 65.7 Å². The van der Waals surface area contributed by atoms with Gasteiger partial charge in [0, 0.05) is 6.54 Å². The summed E-state index contributed by atoms with van der Waals surface area (Å²) in [5.41, 5.74) is 2.47. The highest BCUT2D eigenvalue weighted by Gasteiger charge is 2.23. The number of hydrogen-bond acceptors (Lipinski definition) is 3. The van der Waals surface area contributed by atoms with Gasteiger partial charge >= 0.3 is 0 Å². The number of nitrogens with one attached hydrogen (secondary N) is 1. The van der Waals surface area contributed by atoms with Crippen LogP contribution in [-0.4, -0.2) is 37.0 Å². The van der Waals surface area contributed by atoms with E-state index < -0.39 is 0 Å².